The van der Waals surface area contributed by atoms with Gasteiger partial charge in [0.15, 0.2) is 5.75 Å². The second-order valence-electron chi connectivity index (χ2n) is 3.21. The molecule has 1 aromatic rings. The van der Waals surface area contributed by atoms with E-state index in [2.05, 4.69) is 4.98 Å². The van der Waals surface area contributed by atoms with Crippen molar-refractivity contribution in [2.45, 2.75) is 25.4 Å². The number of rotatable bonds is 2. The lowest BCUT2D eigenvalue weighted by Gasteiger charge is -2.27. The summed E-state index contributed by atoms with van der Waals surface area (Å²) < 4.78 is 5.61. The van der Waals surface area contributed by atoms with Crippen LogP contribution in [0.1, 0.15) is 19.3 Å². The van der Waals surface area contributed by atoms with Crippen LogP contribution in [0.2, 0.25) is 5.02 Å². The van der Waals surface area contributed by atoms with Crippen molar-refractivity contribution >= 4 is 17.3 Å². The summed E-state index contributed by atoms with van der Waals surface area (Å²) >= 11 is 5.89. The highest BCUT2D eigenvalue weighted by molar-refractivity contribution is 6.32. The summed E-state index contributed by atoms with van der Waals surface area (Å²) in [5.74, 6) is 0.585. The van der Waals surface area contributed by atoms with Crippen LogP contribution >= 0.6 is 11.6 Å². The van der Waals surface area contributed by atoms with Gasteiger partial charge in [0.2, 0.25) is 0 Å². The van der Waals surface area contributed by atoms with E-state index in [4.69, 9.17) is 22.1 Å². The first-order chi connectivity index (χ1) is 6.27. The van der Waals surface area contributed by atoms with Crippen LogP contribution in [0, 0.1) is 0 Å². The van der Waals surface area contributed by atoms with Gasteiger partial charge in [-0.15, -0.1) is 0 Å². The molecule has 13 heavy (non-hydrogen) atoms. The summed E-state index contributed by atoms with van der Waals surface area (Å²) in [6, 6.07) is 0. The minimum absolute atomic E-state index is 0.294. The van der Waals surface area contributed by atoms with Crippen LogP contribution in [0.3, 0.4) is 0 Å². The number of anilines is 1. The van der Waals surface area contributed by atoms with Crippen molar-refractivity contribution in [3.05, 3.63) is 17.4 Å². The molecule has 1 aromatic heterocycles. The van der Waals surface area contributed by atoms with Gasteiger partial charge in [0.25, 0.3) is 0 Å². The number of hydrogen-bond donors (Lipinski definition) is 1. The molecule has 2 N–H and O–H groups in total. The van der Waals surface area contributed by atoms with Crippen LogP contribution < -0.4 is 10.5 Å². The van der Waals surface area contributed by atoms with Crippen molar-refractivity contribution in [1.82, 2.24) is 4.98 Å². The Hall–Kier alpha value is -0.960. The molecule has 0 amide bonds. The fourth-order valence-electron chi connectivity index (χ4n) is 1.22. The molecule has 1 aliphatic rings. The van der Waals surface area contributed by atoms with Gasteiger partial charge in [-0.25, -0.2) is 0 Å². The van der Waals surface area contributed by atoms with E-state index in [1.165, 1.54) is 6.42 Å². The Labute approximate surface area is 81.9 Å². The normalized spacial score (nSPS) is 16.7. The molecule has 3 nitrogen and oxygen atoms in total. The summed E-state index contributed by atoms with van der Waals surface area (Å²) in [5.41, 5.74) is 6.19. The molecule has 2 rings (SSSR count). The number of halogens is 1. The summed E-state index contributed by atoms with van der Waals surface area (Å²) in [4.78, 5) is 3.86. The second-order valence-corrected chi connectivity index (χ2v) is 3.62. The predicted octanol–water partition coefficient (Wildman–Crippen LogP) is 2.25. The molecule has 1 heterocycles. The van der Waals surface area contributed by atoms with Crippen LogP contribution in [0.25, 0.3) is 0 Å². The number of pyridine rings is 1. The number of nitrogens with zero attached hydrogens (tertiary/aromatic N) is 1. The Kier molecular flexibility index (Phi) is 2.27. The number of nitrogens with two attached hydrogens (primary N) is 1. The fourth-order valence-corrected chi connectivity index (χ4v) is 1.43. The summed E-state index contributed by atoms with van der Waals surface area (Å²) in [5, 5.41) is 0.492. The third-order valence-electron chi connectivity index (χ3n) is 2.22. The van der Waals surface area contributed by atoms with Crippen molar-refractivity contribution in [1.29, 1.82) is 0 Å². The average molecular weight is 199 g/mol. The highest BCUT2D eigenvalue weighted by Crippen LogP contribution is 2.33. The van der Waals surface area contributed by atoms with Gasteiger partial charge in [0, 0.05) is 6.20 Å². The van der Waals surface area contributed by atoms with E-state index in [1.807, 2.05) is 0 Å². The van der Waals surface area contributed by atoms with E-state index in [1.54, 1.807) is 12.4 Å². The molecule has 1 saturated carbocycles. The van der Waals surface area contributed by atoms with Gasteiger partial charge in [-0.3, -0.25) is 4.98 Å². The molecule has 0 unspecified atom stereocenters. The Morgan fingerprint density at radius 1 is 1.46 bits per heavy atom. The Morgan fingerprint density at radius 2 is 2.23 bits per heavy atom. The zero-order valence-electron chi connectivity index (χ0n) is 7.16. The Morgan fingerprint density at radius 3 is 2.77 bits per heavy atom. The maximum Gasteiger partial charge on any atom is 0.164 e. The first-order valence-corrected chi connectivity index (χ1v) is 4.71. The molecule has 0 bridgehead atoms. The summed E-state index contributed by atoms with van der Waals surface area (Å²) in [7, 11) is 0. The zero-order valence-corrected chi connectivity index (χ0v) is 7.92. The van der Waals surface area contributed by atoms with Crippen LogP contribution in [0.5, 0.6) is 5.75 Å². The Bertz CT molecular complexity index is 292. The van der Waals surface area contributed by atoms with Gasteiger partial charge in [-0.2, -0.15) is 0 Å². The van der Waals surface area contributed by atoms with Crippen LogP contribution in [0.15, 0.2) is 12.4 Å². The smallest absolute Gasteiger partial charge is 0.164 e. The number of ether oxygens (including phenoxy) is 1. The molecule has 70 valence electrons. The van der Waals surface area contributed by atoms with Crippen molar-refractivity contribution in [2.75, 3.05) is 5.73 Å². The largest absolute Gasteiger partial charge is 0.487 e. The third kappa shape index (κ3) is 1.70. The molecule has 0 aliphatic heterocycles. The lowest BCUT2D eigenvalue weighted by atomic mass is 9.96. The topological polar surface area (TPSA) is 48.1 Å². The molecule has 1 aliphatic carbocycles. The van der Waals surface area contributed by atoms with Gasteiger partial charge < -0.3 is 10.5 Å². The molecular formula is C9H11ClN2O. The molecule has 0 atom stereocenters. The van der Waals surface area contributed by atoms with Crippen molar-refractivity contribution in [2.24, 2.45) is 0 Å². The van der Waals surface area contributed by atoms with E-state index >= 15 is 0 Å². The minimum Gasteiger partial charge on any atom is -0.487 e. The molecule has 1 fully saturated rings. The average Bonchev–Trinajstić information content (AvgIpc) is 2.00. The van der Waals surface area contributed by atoms with Gasteiger partial charge in [-0.1, -0.05) is 11.6 Å². The Balaban J connectivity index is 2.17. The summed E-state index contributed by atoms with van der Waals surface area (Å²) in [6.07, 6.45) is 6.82. The summed E-state index contributed by atoms with van der Waals surface area (Å²) in [6.45, 7) is 0. The van der Waals surface area contributed by atoms with Crippen LogP contribution in [-0.4, -0.2) is 11.1 Å². The molecule has 0 saturated heterocycles. The molecule has 0 spiro atoms. The standard InChI is InChI=1S/C9H11ClN2O/c10-7-4-12-5-8(11)9(7)13-6-2-1-3-6/h4-6H,1-3,11H2. The van der Waals surface area contributed by atoms with Crippen molar-refractivity contribution < 1.29 is 4.74 Å². The lowest BCUT2D eigenvalue weighted by Crippen LogP contribution is -2.25. The lowest BCUT2D eigenvalue weighted by molar-refractivity contribution is 0.121. The van der Waals surface area contributed by atoms with E-state index in [0.29, 0.717) is 22.6 Å². The van der Waals surface area contributed by atoms with Gasteiger partial charge in [0.1, 0.15) is 5.02 Å². The van der Waals surface area contributed by atoms with Gasteiger partial charge >= 0.3 is 0 Å². The molecular weight excluding hydrogens is 188 g/mol. The first kappa shape index (κ1) is 8.63. The monoisotopic (exact) mass is 198 g/mol. The number of aromatic nitrogens is 1. The predicted molar refractivity (Wildman–Crippen MR) is 51.9 cm³/mol. The maximum absolute atomic E-state index is 5.89. The molecule has 0 aromatic carbocycles. The molecule has 0 radical (unpaired) electrons. The second kappa shape index (κ2) is 3.42. The fraction of sp³-hybridized carbons (Fsp3) is 0.444. The van der Waals surface area contributed by atoms with E-state index in [9.17, 15) is 0 Å². The number of nitrogen functional groups attached to an aromatic ring is 1. The highest BCUT2D eigenvalue weighted by Gasteiger charge is 2.21. The SMILES string of the molecule is Nc1cncc(Cl)c1OC1CCC1. The van der Waals surface area contributed by atoms with Crippen LogP contribution in [0.4, 0.5) is 5.69 Å². The van der Waals surface area contributed by atoms with Gasteiger partial charge in [0.05, 0.1) is 18.0 Å². The van der Waals surface area contributed by atoms with Gasteiger partial charge in [-0.05, 0) is 19.3 Å². The molecule has 4 heteroatoms. The maximum atomic E-state index is 5.89. The van der Waals surface area contributed by atoms with E-state index in [-0.39, 0.29) is 0 Å². The van der Waals surface area contributed by atoms with Crippen molar-refractivity contribution in [3.63, 3.8) is 0 Å². The number of hydrogen-bond acceptors (Lipinski definition) is 3. The minimum atomic E-state index is 0.294. The highest BCUT2D eigenvalue weighted by atomic mass is 35.5. The van der Waals surface area contributed by atoms with Crippen molar-refractivity contribution in [3.8, 4) is 5.75 Å². The third-order valence-corrected chi connectivity index (χ3v) is 2.49. The quantitative estimate of drug-likeness (QED) is 0.793. The first-order valence-electron chi connectivity index (χ1n) is 4.33. The van der Waals surface area contributed by atoms with E-state index < -0.39 is 0 Å². The van der Waals surface area contributed by atoms with Crippen LogP contribution in [-0.2, 0) is 0 Å². The zero-order chi connectivity index (χ0) is 9.26. The van der Waals surface area contributed by atoms with E-state index in [0.717, 1.165) is 12.8 Å².